The van der Waals surface area contributed by atoms with Crippen molar-refractivity contribution in [3.63, 3.8) is 0 Å². The molecule has 0 aromatic carbocycles. The van der Waals surface area contributed by atoms with Crippen LogP contribution in [0.5, 0.6) is 0 Å². The number of fused-ring (bicyclic) bond motifs is 4. The molecule has 9 N–H and O–H groups in total. The molecule has 9 rings (SSSR count). The minimum absolute atomic E-state index is 0. The van der Waals surface area contributed by atoms with Gasteiger partial charge in [-0.2, -0.15) is 0 Å². The standard InChI is InChI=1S/C15H24N2O.C14H20N2O2.C14H24N2.C12H15NO3.C7H10O2.C5H9NO3.C2H7N.CH4.ClH/c1-17(2)10-6-8-13-12-7-4-3-5-9-14(12)16-15(13)11-18;1-16(2)13(18)8-7-10-9-15-11-5-3-4-6-12(17)14(10)11;1-16(2)10-6-7-12-11-15-14-9-5-3-4-8-13(12)14;14-10-4-2-1-3-9-12(10)8(7-13-9)5-6-11(15)16;8-6-3-1-2-4-7(9)5-6;6-3-4(7)1-2-5(8)9;1-3-2;;/h11,16H,3-10H2,1-2H3;9,15H,3-8H2,1-2H3;11,15H,3-10H2,1-2H3;7,13H,1-6H2,(H,15,16);1-5H2;1-3,6H2,(H,8,9);3H,1-2H3;1H4;1H. The quantitative estimate of drug-likeness (QED) is 0.0187. The molecule has 4 heterocycles. The fraction of sp³-hybridized carbons (Fsp3) is 0.643. The molecule has 0 radical (unpaired) electrons. The van der Waals surface area contributed by atoms with Crippen molar-refractivity contribution in [2.45, 2.75) is 219 Å². The molecule has 0 saturated heterocycles. The van der Waals surface area contributed by atoms with E-state index in [-0.39, 0.29) is 86.9 Å². The Morgan fingerprint density at radius 3 is 1.43 bits per heavy atom. The summed E-state index contributed by atoms with van der Waals surface area (Å²) in [5, 5.41) is 19.5. The zero-order valence-electron chi connectivity index (χ0n) is 55.7. The fourth-order valence-corrected chi connectivity index (χ4v) is 11.6. The van der Waals surface area contributed by atoms with Crippen molar-refractivity contribution in [2.24, 2.45) is 5.73 Å². The highest BCUT2D eigenvalue weighted by molar-refractivity contribution is 6.00. The SMILES string of the molecule is C.CN(C)C(=O)CCc1c[nH]c2c1C(=O)CCCC2.CN(C)CCCc1c(C=O)[nH]c2c1CCCCC2.CN(C)CCCc1c[nH]c2c1CCCCC2.CNC.Cl.NCC(=O)CCC(=O)O.O=C(O)CCc1c[nH]c2c1C(=O)CCCC2.O=C1CCCCC(=O)C1. The number of carboxylic acids is 2. The molecule has 0 spiro atoms. The van der Waals surface area contributed by atoms with Crippen LogP contribution in [0.1, 0.15) is 242 Å². The van der Waals surface area contributed by atoms with Crippen LogP contribution in [0.15, 0.2) is 18.6 Å². The average molecular weight is 1290 g/mol. The van der Waals surface area contributed by atoms with Gasteiger partial charge in [-0.3, -0.25) is 43.2 Å². The van der Waals surface area contributed by atoms with E-state index in [2.05, 4.69) is 69.4 Å². The Morgan fingerprint density at radius 2 is 0.945 bits per heavy atom. The average Bonchev–Trinajstić information content (AvgIpc) is 1.73. The predicted octanol–water partition coefficient (Wildman–Crippen LogP) is 10.6. The Morgan fingerprint density at radius 1 is 0.527 bits per heavy atom. The van der Waals surface area contributed by atoms with E-state index < -0.39 is 11.9 Å². The highest BCUT2D eigenvalue weighted by Crippen LogP contribution is 2.29. The summed E-state index contributed by atoms with van der Waals surface area (Å²) in [7, 11) is 15.8. The lowest BCUT2D eigenvalue weighted by Crippen LogP contribution is -2.22. The van der Waals surface area contributed by atoms with Crippen LogP contribution < -0.4 is 11.1 Å². The number of aromatic amines is 4. The molecule has 4 aromatic rings. The van der Waals surface area contributed by atoms with Crippen LogP contribution in [0.3, 0.4) is 0 Å². The molecule has 21 heteroatoms. The van der Waals surface area contributed by atoms with Gasteiger partial charge in [0.05, 0.1) is 25.1 Å². The number of hydrogen-bond acceptors (Lipinski definition) is 13. The number of carboxylic acid groups (broad SMARTS) is 2. The molecule has 4 aromatic heterocycles. The van der Waals surface area contributed by atoms with E-state index in [4.69, 9.17) is 15.9 Å². The van der Waals surface area contributed by atoms with Crippen molar-refractivity contribution in [3.05, 3.63) is 91.6 Å². The Bertz CT molecular complexity index is 2830. The molecule has 0 bridgehead atoms. The first kappa shape index (κ1) is 82.7. The lowest BCUT2D eigenvalue weighted by Gasteiger charge is -2.10. The molecular weight excluding hydrogens is 1180 g/mol. The van der Waals surface area contributed by atoms with Gasteiger partial charge in [0.1, 0.15) is 17.3 Å². The second-order valence-electron chi connectivity index (χ2n) is 24.7. The summed E-state index contributed by atoms with van der Waals surface area (Å²) >= 11 is 0. The minimum atomic E-state index is -0.961. The van der Waals surface area contributed by atoms with Gasteiger partial charge in [-0.15, -0.1) is 12.4 Å². The second-order valence-corrected chi connectivity index (χ2v) is 24.7. The van der Waals surface area contributed by atoms with Crippen molar-refractivity contribution >= 4 is 65.5 Å². The normalized spacial score (nSPS) is 14.9. The number of carbonyl (C=O) groups excluding carboxylic acids is 7. The monoisotopic (exact) mass is 1290 g/mol. The maximum Gasteiger partial charge on any atom is 0.303 e. The smallest absolute Gasteiger partial charge is 0.303 e. The zero-order chi connectivity index (χ0) is 65.7. The topological polar surface area (TPSA) is 305 Å². The summed E-state index contributed by atoms with van der Waals surface area (Å²) in [6.07, 6.45) is 36.3. The van der Waals surface area contributed by atoms with E-state index in [9.17, 15) is 43.2 Å². The summed E-state index contributed by atoms with van der Waals surface area (Å²) in [6, 6.07) is 0. The minimum Gasteiger partial charge on any atom is -0.481 e. The Labute approximate surface area is 549 Å². The number of carbonyl (C=O) groups is 9. The number of hydrogen-bond donors (Lipinski definition) is 8. The third kappa shape index (κ3) is 31.7. The maximum atomic E-state index is 12.1. The summed E-state index contributed by atoms with van der Waals surface area (Å²) in [5.74, 6) is -1.25. The number of nitrogens with zero attached hydrogens (tertiary/aromatic N) is 3. The number of amides is 1. The van der Waals surface area contributed by atoms with E-state index in [1.54, 1.807) is 36.3 Å². The number of rotatable bonds is 19. The first-order chi connectivity index (χ1) is 42.6. The first-order valence-corrected chi connectivity index (χ1v) is 32.7. The van der Waals surface area contributed by atoms with Crippen LogP contribution in [0.25, 0.3) is 0 Å². The largest absolute Gasteiger partial charge is 0.481 e. The van der Waals surface area contributed by atoms with Gasteiger partial charge in [-0.1, -0.05) is 20.3 Å². The molecule has 20 nitrogen and oxygen atoms in total. The first-order valence-electron chi connectivity index (χ1n) is 32.7. The lowest BCUT2D eigenvalue weighted by molar-refractivity contribution is -0.138. The third-order valence-electron chi connectivity index (χ3n) is 16.3. The molecule has 1 saturated carbocycles. The highest BCUT2D eigenvalue weighted by atomic mass is 35.5. The fourth-order valence-electron chi connectivity index (χ4n) is 11.6. The van der Waals surface area contributed by atoms with Crippen LogP contribution in [-0.2, 0) is 93.0 Å². The number of ketones is 5. The number of nitrogens with one attached hydrogen (secondary N) is 5. The van der Waals surface area contributed by atoms with Gasteiger partial charge in [-0.25, -0.2) is 0 Å². The number of nitrogens with two attached hydrogens (primary N) is 1. The Kier molecular flexibility index (Phi) is 42.4. The van der Waals surface area contributed by atoms with Gasteiger partial charge in [0, 0.05) is 112 Å². The number of H-pyrrole nitrogens is 4. The summed E-state index contributed by atoms with van der Waals surface area (Å²) in [4.78, 5) is 118. The maximum absolute atomic E-state index is 12.1. The number of aliphatic carboxylic acids is 2. The van der Waals surface area contributed by atoms with E-state index in [0.717, 1.165) is 129 Å². The van der Waals surface area contributed by atoms with E-state index >= 15 is 0 Å². The van der Waals surface area contributed by atoms with Gasteiger partial charge in [0.25, 0.3) is 0 Å². The summed E-state index contributed by atoms with van der Waals surface area (Å²) in [5.41, 5.74) is 20.1. The van der Waals surface area contributed by atoms with Crippen molar-refractivity contribution in [3.8, 4) is 0 Å². The number of aromatic nitrogens is 4. The second kappa shape index (κ2) is 46.7. The predicted molar refractivity (Wildman–Crippen MR) is 365 cm³/mol. The van der Waals surface area contributed by atoms with Crippen LogP contribution >= 0.6 is 12.4 Å². The van der Waals surface area contributed by atoms with E-state index in [1.807, 2.05) is 20.3 Å². The van der Waals surface area contributed by atoms with Gasteiger partial charge < -0.3 is 55.9 Å². The molecule has 1 fully saturated rings. The number of aldehydes is 1. The van der Waals surface area contributed by atoms with E-state index in [0.29, 0.717) is 44.9 Å². The van der Waals surface area contributed by atoms with Gasteiger partial charge in [0.15, 0.2) is 17.9 Å². The zero-order valence-corrected chi connectivity index (χ0v) is 56.5. The number of aryl methyl sites for hydroxylation is 7. The molecule has 5 aliphatic rings. The van der Waals surface area contributed by atoms with Gasteiger partial charge >= 0.3 is 11.9 Å². The van der Waals surface area contributed by atoms with E-state index in [1.165, 1.54) is 93.3 Å². The summed E-state index contributed by atoms with van der Waals surface area (Å²) in [6.45, 7) is 2.21. The van der Waals surface area contributed by atoms with Crippen LogP contribution in [0.2, 0.25) is 0 Å². The van der Waals surface area contributed by atoms with Crippen molar-refractivity contribution in [2.75, 3.05) is 76.0 Å². The highest BCUT2D eigenvalue weighted by Gasteiger charge is 2.24. The van der Waals surface area contributed by atoms with Crippen LogP contribution in [0, 0.1) is 0 Å². The molecule has 512 valence electrons. The number of Topliss-reactive ketones (excluding diaryl/α,β-unsaturated/α-hetero) is 5. The van der Waals surface area contributed by atoms with Crippen LogP contribution in [-0.4, -0.2) is 174 Å². The van der Waals surface area contributed by atoms with Gasteiger partial charge in [-0.05, 0) is 230 Å². The Hall–Kier alpha value is -6.32. The molecule has 0 aliphatic heterocycles. The van der Waals surface area contributed by atoms with Crippen molar-refractivity contribution < 1.29 is 53.4 Å². The molecule has 1 amide bonds. The molecular formula is C70H114ClN9O11. The summed E-state index contributed by atoms with van der Waals surface area (Å²) < 4.78 is 0. The van der Waals surface area contributed by atoms with Crippen LogP contribution in [0.4, 0.5) is 0 Å². The number of halogens is 1. The molecule has 91 heavy (non-hydrogen) atoms. The van der Waals surface area contributed by atoms with Crippen molar-refractivity contribution in [1.82, 2.24) is 40.0 Å². The van der Waals surface area contributed by atoms with Crippen molar-refractivity contribution in [1.29, 1.82) is 0 Å². The molecule has 0 atom stereocenters. The van der Waals surface area contributed by atoms with Gasteiger partial charge in [0.2, 0.25) is 5.91 Å². The lowest BCUT2D eigenvalue weighted by atomic mass is 10.00. The Balaban J connectivity index is 0.000000548. The molecule has 5 aliphatic carbocycles. The molecule has 0 unspecified atom stereocenters. The third-order valence-corrected chi connectivity index (χ3v) is 16.3.